The average Bonchev–Trinajstić information content (AvgIpc) is 4.01. The fourth-order valence-corrected chi connectivity index (χ4v) is 7.09. The van der Waals surface area contributed by atoms with Crippen molar-refractivity contribution in [2.45, 2.75) is 75.2 Å². The molecule has 0 saturated heterocycles. The van der Waals surface area contributed by atoms with E-state index in [1.165, 1.54) is 6.33 Å². The van der Waals surface area contributed by atoms with Gasteiger partial charge >= 0.3 is 5.97 Å². The molecule has 0 spiro atoms. The molecule has 12 N–H and O–H groups in total. The lowest BCUT2D eigenvalue weighted by Gasteiger charge is -2.26. The third kappa shape index (κ3) is 11.2. The molecule has 0 fully saturated rings. The summed E-state index contributed by atoms with van der Waals surface area (Å²) < 4.78 is 0. The number of hydrogen-bond donors (Lipinski definition) is 10. The number of carboxylic acids is 1. The number of aliphatic carboxylic acids is 1. The molecule has 6 rings (SSSR count). The van der Waals surface area contributed by atoms with Gasteiger partial charge in [0, 0.05) is 71.8 Å². The Bertz CT molecular complexity index is 2340. The predicted molar refractivity (Wildman–Crippen MR) is 223 cm³/mol. The van der Waals surface area contributed by atoms with E-state index in [1.807, 2.05) is 54.6 Å². The van der Waals surface area contributed by atoms with Crippen LogP contribution >= 0.6 is 0 Å². The molecular weight excluding hydrogens is 753 g/mol. The van der Waals surface area contributed by atoms with Crippen LogP contribution in [0.15, 0.2) is 104 Å². The normalized spacial score (nSPS) is 13.9. The maximum absolute atomic E-state index is 14.3. The minimum Gasteiger partial charge on any atom is -0.480 e. The predicted octanol–water partition coefficient (Wildman–Crippen LogP) is 2.12. The summed E-state index contributed by atoms with van der Waals surface area (Å²) in [5.74, 6) is -3.84. The monoisotopic (exact) mass is 802 g/mol. The number of nitrogens with zero attached hydrogens (tertiary/aromatic N) is 1. The molecule has 0 unspecified atom stereocenters. The van der Waals surface area contributed by atoms with Gasteiger partial charge in [-0.05, 0) is 54.6 Å². The number of benzene rings is 3. The highest BCUT2D eigenvalue weighted by molar-refractivity contribution is 5.96. The van der Waals surface area contributed by atoms with Crippen LogP contribution in [-0.2, 0) is 49.7 Å². The van der Waals surface area contributed by atoms with E-state index in [-0.39, 0.29) is 32.1 Å². The summed E-state index contributed by atoms with van der Waals surface area (Å²) in [6.45, 7) is 0.347. The summed E-state index contributed by atoms with van der Waals surface area (Å²) in [7, 11) is 0. The van der Waals surface area contributed by atoms with E-state index in [0.717, 1.165) is 27.4 Å². The third-order valence-electron chi connectivity index (χ3n) is 10.3. The third-order valence-corrected chi connectivity index (χ3v) is 10.3. The van der Waals surface area contributed by atoms with Crippen LogP contribution in [0, 0.1) is 0 Å². The van der Waals surface area contributed by atoms with Crippen molar-refractivity contribution in [3.8, 4) is 0 Å². The van der Waals surface area contributed by atoms with Crippen molar-refractivity contribution in [3.63, 3.8) is 0 Å². The van der Waals surface area contributed by atoms with Crippen LogP contribution in [0.2, 0.25) is 0 Å². The molecule has 0 aliphatic rings. The number of rotatable bonds is 21. The fraction of sp³-hybridized carbons (Fsp3) is 0.302. The zero-order valence-electron chi connectivity index (χ0n) is 32.4. The first kappa shape index (κ1) is 41.8. The van der Waals surface area contributed by atoms with E-state index in [9.17, 15) is 29.1 Å². The number of carbonyl (C=O) groups excluding carboxylic acids is 4. The molecule has 0 aliphatic carbocycles. The van der Waals surface area contributed by atoms with Crippen molar-refractivity contribution >= 4 is 51.4 Å². The molecule has 16 nitrogen and oxygen atoms in total. The number of nitrogens with two attached hydrogens (primary N) is 2. The maximum atomic E-state index is 14.3. The number of fused-ring (bicyclic) bond motifs is 2. The largest absolute Gasteiger partial charge is 0.480 e. The molecule has 0 aliphatic heterocycles. The minimum atomic E-state index is -1.29. The molecule has 3 aromatic heterocycles. The summed E-state index contributed by atoms with van der Waals surface area (Å²) in [6, 6.07) is 18.1. The number of para-hydroxylation sites is 2. The van der Waals surface area contributed by atoms with Crippen LogP contribution in [0.5, 0.6) is 0 Å². The van der Waals surface area contributed by atoms with E-state index < -0.39 is 59.8 Å². The number of carboxylic acid groups (broad SMARTS) is 1. The number of unbranched alkanes of at least 4 members (excludes halogenated alkanes) is 1. The molecule has 308 valence electrons. The first-order chi connectivity index (χ1) is 28.6. The highest BCUT2D eigenvalue weighted by atomic mass is 16.4. The lowest BCUT2D eigenvalue weighted by atomic mass is 10.0. The van der Waals surface area contributed by atoms with Gasteiger partial charge in [0.1, 0.15) is 24.2 Å². The van der Waals surface area contributed by atoms with Crippen molar-refractivity contribution in [2.75, 3.05) is 6.54 Å². The molecule has 5 atom stereocenters. The summed E-state index contributed by atoms with van der Waals surface area (Å²) in [6.07, 6.45) is 7.96. The second-order valence-corrected chi connectivity index (χ2v) is 14.6. The molecule has 16 heteroatoms. The van der Waals surface area contributed by atoms with E-state index in [4.69, 9.17) is 11.5 Å². The minimum absolute atomic E-state index is 0.0101. The highest BCUT2D eigenvalue weighted by Gasteiger charge is 2.33. The number of H-pyrrole nitrogens is 3. The molecular formula is C43H50N10O6. The number of aromatic amines is 3. The van der Waals surface area contributed by atoms with Crippen LogP contribution in [0.1, 0.15) is 41.6 Å². The lowest BCUT2D eigenvalue weighted by Crippen LogP contribution is -2.59. The van der Waals surface area contributed by atoms with Crippen molar-refractivity contribution in [2.24, 2.45) is 11.5 Å². The Morgan fingerprint density at radius 3 is 1.69 bits per heavy atom. The molecule has 0 bridgehead atoms. The average molecular weight is 803 g/mol. The van der Waals surface area contributed by atoms with Crippen LogP contribution in [0.25, 0.3) is 21.8 Å². The number of aromatic nitrogens is 4. The Kier molecular flexibility index (Phi) is 14.2. The van der Waals surface area contributed by atoms with Gasteiger partial charge < -0.3 is 52.8 Å². The fourth-order valence-electron chi connectivity index (χ4n) is 7.09. The summed E-state index contributed by atoms with van der Waals surface area (Å²) >= 11 is 0. The van der Waals surface area contributed by atoms with Gasteiger partial charge in [-0.15, -0.1) is 0 Å². The van der Waals surface area contributed by atoms with Crippen LogP contribution < -0.4 is 32.7 Å². The maximum Gasteiger partial charge on any atom is 0.326 e. The Balaban J connectivity index is 1.25. The molecule has 3 heterocycles. The molecule has 4 amide bonds. The topological polar surface area (TPSA) is 266 Å². The molecule has 3 aromatic carbocycles. The van der Waals surface area contributed by atoms with Crippen molar-refractivity contribution in [1.29, 1.82) is 0 Å². The molecule has 6 aromatic rings. The van der Waals surface area contributed by atoms with Crippen LogP contribution in [-0.4, -0.2) is 91.4 Å². The Labute approximate surface area is 340 Å². The lowest BCUT2D eigenvalue weighted by molar-refractivity contribution is -0.142. The number of nitrogens with one attached hydrogen (secondary N) is 7. The van der Waals surface area contributed by atoms with Crippen LogP contribution in [0.3, 0.4) is 0 Å². The SMILES string of the molecule is NCCCC[C@@H](NC(=O)[C@@H](Cc1c[nH]c2ccccc12)NC(=O)[C@@H](N)Cc1cnc[nH]1)C(=O)N[C@@H](Cc1c[nH]c2ccccc12)C(=O)N[C@H](Cc1ccccc1)C(=O)O. The van der Waals surface area contributed by atoms with Gasteiger partial charge in [0.2, 0.25) is 23.6 Å². The van der Waals surface area contributed by atoms with Gasteiger partial charge in [0.25, 0.3) is 0 Å². The second kappa shape index (κ2) is 20.1. The Morgan fingerprint density at radius 1 is 0.610 bits per heavy atom. The zero-order valence-corrected chi connectivity index (χ0v) is 32.4. The molecule has 59 heavy (non-hydrogen) atoms. The smallest absolute Gasteiger partial charge is 0.326 e. The van der Waals surface area contributed by atoms with Crippen LogP contribution in [0.4, 0.5) is 0 Å². The molecule has 0 radical (unpaired) electrons. The first-order valence-corrected chi connectivity index (χ1v) is 19.6. The van der Waals surface area contributed by atoms with Gasteiger partial charge in [0.15, 0.2) is 0 Å². The van der Waals surface area contributed by atoms with E-state index in [0.29, 0.717) is 36.2 Å². The Hall–Kier alpha value is -6.78. The number of imidazole rings is 1. The van der Waals surface area contributed by atoms with Gasteiger partial charge in [-0.2, -0.15) is 0 Å². The van der Waals surface area contributed by atoms with Crippen molar-refractivity contribution in [3.05, 3.63) is 126 Å². The van der Waals surface area contributed by atoms with Gasteiger partial charge in [-0.25, -0.2) is 9.78 Å². The zero-order chi connectivity index (χ0) is 41.7. The number of carbonyl (C=O) groups is 5. The van der Waals surface area contributed by atoms with Gasteiger partial charge in [-0.1, -0.05) is 66.7 Å². The molecule has 0 saturated carbocycles. The quantitative estimate of drug-likeness (QED) is 0.0477. The second-order valence-electron chi connectivity index (χ2n) is 14.6. The highest BCUT2D eigenvalue weighted by Crippen LogP contribution is 2.21. The summed E-state index contributed by atoms with van der Waals surface area (Å²) in [5, 5.41) is 22.9. The Morgan fingerprint density at radius 2 is 1.14 bits per heavy atom. The van der Waals surface area contributed by atoms with Gasteiger partial charge in [0.05, 0.1) is 12.4 Å². The standard InChI is InChI=1S/C43H50N10O6/c44-17-9-8-16-35(50-41(56)36(19-27-22-47-33-14-6-4-12-30(27)33)51-39(54)32(45)21-29-24-46-25-49-29)40(55)52-37(20-28-23-48-34-15-7-5-13-31(28)34)42(57)53-38(43(58)59)18-26-10-2-1-3-11-26/h1-7,10-15,22-25,32,35-38,47-48H,8-9,16-21,44-45H2,(H,46,49)(H,50,56)(H,51,54)(H,52,55)(H,53,57)(H,58,59)/t32-,35+,36+,37-,38+/m0/s1. The summed E-state index contributed by atoms with van der Waals surface area (Å²) in [4.78, 5) is 81.8. The van der Waals surface area contributed by atoms with Gasteiger partial charge in [-0.3, -0.25) is 19.2 Å². The van der Waals surface area contributed by atoms with E-state index in [1.54, 1.807) is 42.9 Å². The number of hydrogen-bond acceptors (Lipinski definition) is 8. The summed E-state index contributed by atoms with van der Waals surface area (Å²) in [5.41, 5.74) is 16.6. The van der Waals surface area contributed by atoms with E-state index in [2.05, 4.69) is 41.2 Å². The first-order valence-electron chi connectivity index (χ1n) is 19.6. The number of amides is 4. The van der Waals surface area contributed by atoms with Crippen molar-refractivity contribution < 1.29 is 29.1 Å². The van der Waals surface area contributed by atoms with E-state index >= 15 is 0 Å². The van der Waals surface area contributed by atoms with Crippen molar-refractivity contribution in [1.82, 2.24) is 41.2 Å².